The van der Waals surface area contributed by atoms with E-state index in [2.05, 4.69) is 27.8 Å². The first-order chi connectivity index (χ1) is 7.68. The molecule has 2 unspecified atom stereocenters. The number of aromatic amines is 1. The predicted molar refractivity (Wildman–Crippen MR) is 61.2 cm³/mol. The summed E-state index contributed by atoms with van der Waals surface area (Å²) in [5, 5.41) is 12.9. The van der Waals surface area contributed by atoms with Crippen LogP contribution in [-0.2, 0) is 0 Å². The second-order valence-corrected chi connectivity index (χ2v) is 4.42. The van der Waals surface area contributed by atoms with Crippen LogP contribution >= 0.6 is 0 Å². The zero-order valence-corrected chi connectivity index (χ0v) is 9.71. The van der Waals surface area contributed by atoms with E-state index in [1.165, 1.54) is 0 Å². The average Bonchev–Trinajstić information content (AvgIpc) is 2.86. The monoisotopic (exact) mass is 222 g/mol. The summed E-state index contributed by atoms with van der Waals surface area (Å²) in [5.41, 5.74) is 1.45. The number of rotatable bonds is 3. The van der Waals surface area contributed by atoms with Crippen molar-refractivity contribution < 1.29 is 4.79 Å². The van der Waals surface area contributed by atoms with Gasteiger partial charge in [-0.25, -0.2) is 0 Å². The molecule has 1 aliphatic rings. The molecule has 0 saturated carbocycles. The summed E-state index contributed by atoms with van der Waals surface area (Å²) in [7, 11) is 0. The van der Waals surface area contributed by atoms with Gasteiger partial charge in [-0.05, 0) is 39.3 Å². The molecule has 2 atom stereocenters. The average molecular weight is 222 g/mol. The number of nitrogens with zero attached hydrogens (tertiary/aromatic N) is 1. The summed E-state index contributed by atoms with van der Waals surface area (Å²) in [6.45, 7) is 5.95. The summed E-state index contributed by atoms with van der Waals surface area (Å²) in [6.07, 6.45) is 2.70. The molecule has 0 spiro atoms. The minimum Gasteiger partial charge on any atom is -0.349 e. The van der Waals surface area contributed by atoms with Gasteiger partial charge < -0.3 is 10.6 Å². The van der Waals surface area contributed by atoms with E-state index in [1.807, 2.05) is 6.92 Å². The van der Waals surface area contributed by atoms with Gasteiger partial charge in [0.1, 0.15) is 0 Å². The summed E-state index contributed by atoms with van der Waals surface area (Å²) in [6, 6.07) is 0.205. The van der Waals surface area contributed by atoms with Crippen LogP contribution in [0.15, 0.2) is 6.20 Å². The van der Waals surface area contributed by atoms with Crippen LogP contribution in [0.5, 0.6) is 0 Å². The molecule has 16 heavy (non-hydrogen) atoms. The van der Waals surface area contributed by atoms with Crippen LogP contribution in [0.2, 0.25) is 0 Å². The Morgan fingerprint density at radius 1 is 1.69 bits per heavy atom. The molecule has 0 radical (unpaired) electrons. The molecule has 1 aromatic rings. The van der Waals surface area contributed by atoms with E-state index in [9.17, 15) is 4.79 Å². The van der Waals surface area contributed by atoms with Crippen LogP contribution in [0.25, 0.3) is 0 Å². The Balaban J connectivity index is 1.94. The lowest BCUT2D eigenvalue weighted by molar-refractivity contribution is 0.0928. The number of hydrogen-bond acceptors (Lipinski definition) is 3. The Labute approximate surface area is 95.0 Å². The molecule has 0 aromatic carbocycles. The molecule has 2 rings (SSSR count). The third-order valence-corrected chi connectivity index (χ3v) is 3.24. The van der Waals surface area contributed by atoms with Gasteiger partial charge in [-0.1, -0.05) is 0 Å². The number of H-pyrrole nitrogens is 1. The maximum Gasteiger partial charge on any atom is 0.254 e. The van der Waals surface area contributed by atoms with E-state index >= 15 is 0 Å². The molecule has 1 aliphatic heterocycles. The zero-order valence-electron chi connectivity index (χ0n) is 9.71. The maximum absolute atomic E-state index is 11.9. The molecule has 5 nitrogen and oxygen atoms in total. The largest absolute Gasteiger partial charge is 0.349 e. The van der Waals surface area contributed by atoms with Gasteiger partial charge in [0.15, 0.2) is 0 Å². The molecule has 88 valence electrons. The van der Waals surface area contributed by atoms with Gasteiger partial charge in [0.05, 0.1) is 11.8 Å². The molecule has 0 bridgehead atoms. The third kappa shape index (κ3) is 2.24. The quantitative estimate of drug-likeness (QED) is 0.695. The van der Waals surface area contributed by atoms with Crippen LogP contribution in [0.4, 0.5) is 0 Å². The maximum atomic E-state index is 11.9. The Kier molecular flexibility index (Phi) is 3.24. The van der Waals surface area contributed by atoms with E-state index in [4.69, 9.17) is 0 Å². The highest BCUT2D eigenvalue weighted by molar-refractivity contribution is 5.95. The van der Waals surface area contributed by atoms with Gasteiger partial charge in [0.2, 0.25) is 0 Å². The fourth-order valence-corrected chi connectivity index (χ4v) is 2.09. The lowest BCUT2D eigenvalue weighted by atomic mass is 10.0. The Morgan fingerprint density at radius 2 is 2.50 bits per heavy atom. The van der Waals surface area contributed by atoms with Gasteiger partial charge in [0.25, 0.3) is 5.91 Å². The molecule has 5 heteroatoms. The van der Waals surface area contributed by atoms with E-state index in [0.29, 0.717) is 11.5 Å². The first-order valence-electron chi connectivity index (χ1n) is 5.70. The highest BCUT2D eigenvalue weighted by Gasteiger charge is 2.23. The van der Waals surface area contributed by atoms with Crippen LogP contribution in [0.1, 0.15) is 29.4 Å². The van der Waals surface area contributed by atoms with Gasteiger partial charge in [-0.3, -0.25) is 9.89 Å². The van der Waals surface area contributed by atoms with Gasteiger partial charge in [-0.15, -0.1) is 0 Å². The normalized spacial score (nSPS) is 22.0. The lowest BCUT2D eigenvalue weighted by Crippen LogP contribution is -2.39. The standard InChI is InChI=1S/C11H18N4O/c1-7(9-3-4-12-5-9)14-11(16)10-6-13-15-8(10)2/h6-7,9,12H,3-5H2,1-2H3,(H,13,15)(H,14,16). The minimum atomic E-state index is -0.0364. The molecule has 1 amide bonds. The van der Waals surface area contributed by atoms with Crippen molar-refractivity contribution in [3.63, 3.8) is 0 Å². The number of carbonyl (C=O) groups is 1. The van der Waals surface area contributed by atoms with E-state index in [1.54, 1.807) is 6.20 Å². The highest BCUT2D eigenvalue weighted by Crippen LogP contribution is 2.13. The number of hydrogen-bond donors (Lipinski definition) is 3. The fourth-order valence-electron chi connectivity index (χ4n) is 2.09. The van der Waals surface area contributed by atoms with Crippen molar-refractivity contribution in [2.24, 2.45) is 5.92 Å². The van der Waals surface area contributed by atoms with E-state index in [0.717, 1.165) is 25.2 Å². The van der Waals surface area contributed by atoms with Gasteiger partial charge in [-0.2, -0.15) is 5.10 Å². The first kappa shape index (κ1) is 11.1. The van der Waals surface area contributed by atoms with Crippen molar-refractivity contribution in [2.75, 3.05) is 13.1 Å². The van der Waals surface area contributed by atoms with Crippen LogP contribution in [0, 0.1) is 12.8 Å². The predicted octanol–water partition coefficient (Wildman–Crippen LogP) is 0.446. The van der Waals surface area contributed by atoms with Crippen LogP contribution < -0.4 is 10.6 Å². The summed E-state index contributed by atoms with van der Waals surface area (Å²) >= 11 is 0. The first-order valence-corrected chi connectivity index (χ1v) is 5.70. The topological polar surface area (TPSA) is 69.8 Å². The molecule has 2 heterocycles. The van der Waals surface area contributed by atoms with Crippen molar-refractivity contribution >= 4 is 5.91 Å². The smallest absolute Gasteiger partial charge is 0.254 e. The number of nitrogens with one attached hydrogen (secondary N) is 3. The molecule has 0 aliphatic carbocycles. The van der Waals surface area contributed by atoms with Gasteiger partial charge >= 0.3 is 0 Å². The second kappa shape index (κ2) is 4.65. The summed E-state index contributed by atoms with van der Waals surface area (Å²) in [4.78, 5) is 11.9. The third-order valence-electron chi connectivity index (χ3n) is 3.24. The van der Waals surface area contributed by atoms with E-state index < -0.39 is 0 Å². The minimum absolute atomic E-state index is 0.0364. The SMILES string of the molecule is Cc1[nH]ncc1C(=O)NC(C)C1CCNC1. The van der Waals surface area contributed by atoms with Crippen molar-refractivity contribution in [1.29, 1.82) is 0 Å². The second-order valence-electron chi connectivity index (χ2n) is 4.42. The Hall–Kier alpha value is -1.36. The zero-order chi connectivity index (χ0) is 11.5. The molecular weight excluding hydrogens is 204 g/mol. The van der Waals surface area contributed by atoms with E-state index in [-0.39, 0.29) is 11.9 Å². The summed E-state index contributed by atoms with van der Waals surface area (Å²) in [5.74, 6) is 0.502. The number of carbonyl (C=O) groups excluding carboxylic acids is 1. The lowest BCUT2D eigenvalue weighted by Gasteiger charge is -2.19. The highest BCUT2D eigenvalue weighted by atomic mass is 16.1. The molecule has 1 saturated heterocycles. The number of aryl methyl sites for hydroxylation is 1. The summed E-state index contributed by atoms with van der Waals surface area (Å²) < 4.78 is 0. The van der Waals surface area contributed by atoms with Crippen molar-refractivity contribution in [2.45, 2.75) is 26.3 Å². The fraction of sp³-hybridized carbons (Fsp3) is 0.636. The molecule has 3 N–H and O–H groups in total. The molecular formula is C11H18N4O. The number of aromatic nitrogens is 2. The van der Waals surface area contributed by atoms with Crippen LogP contribution in [0.3, 0.4) is 0 Å². The molecule has 1 aromatic heterocycles. The van der Waals surface area contributed by atoms with Crippen molar-refractivity contribution in [3.05, 3.63) is 17.5 Å². The van der Waals surface area contributed by atoms with Crippen LogP contribution in [-0.4, -0.2) is 35.2 Å². The van der Waals surface area contributed by atoms with Crippen molar-refractivity contribution in [3.8, 4) is 0 Å². The Bertz CT molecular complexity index is 368. The Morgan fingerprint density at radius 3 is 3.06 bits per heavy atom. The number of amides is 1. The molecule has 1 fully saturated rings. The van der Waals surface area contributed by atoms with Gasteiger partial charge in [0, 0.05) is 11.7 Å². The van der Waals surface area contributed by atoms with Crippen molar-refractivity contribution in [1.82, 2.24) is 20.8 Å².